The molecule has 0 fully saturated rings. The van der Waals surface area contributed by atoms with Crippen LogP contribution in [0.1, 0.15) is 29.7 Å². The van der Waals surface area contributed by atoms with Gasteiger partial charge < -0.3 is 15.1 Å². The number of carbonyl (C=O) groups excluding carboxylic acids is 1. The highest BCUT2D eigenvalue weighted by atomic mass is 32.2. The van der Waals surface area contributed by atoms with Crippen LogP contribution in [0.15, 0.2) is 58.8 Å². The van der Waals surface area contributed by atoms with Gasteiger partial charge in [-0.1, -0.05) is 12.1 Å². The molecule has 14 heteroatoms. The molecule has 0 saturated heterocycles. The number of rotatable bonds is 8. The van der Waals surface area contributed by atoms with Gasteiger partial charge in [0.2, 0.25) is 15.7 Å². The fraction of sp³-hybridized carbons (Fsp3) is 0.320. The Morgan fingerprint density at radius 3 is 2.33 bits per heavy atom. The van der Waals surface area contributed by atoms with E-state index in [4.69, 9.17) is 6.57 Å². The molecule has 0 saturated carbocycles. The number of carbonyl (C=O) groups is 1. The fourth-order valence-electron chi connectivity index (χ4n) is 4.30. The molecule has 0 bridgehead atoms. The SMILES string of the molecule is [C-]#[N+]C1=C(C)N(c2cccc(C(F)(F)F)c2)C(=O)N(C)[C@@H]1c1ccc(C#N)cc1S(=O)(=O)N(CCO)CCO. The van der Waals surface area contributed by atoms with E-state index in [1.165, 1.54) is 32.2 Å². The predicted molar refractivity (Wildman–Crippen MR) is 133 cm³/mol. The van der Waals surface area contributed by atoms with Crippen LogP contribution in [0.2, 0.25) is 0 Å². The van der Waals surface area contributed by atoms with Gasteiger partial charge in [-0.3, -0.25) is 4.90 Å². The van der Waals surface area contributed by atoms with E-state index in [9.17, 15) is 41.9 Å². The van der Waals surface area contributed by atoms with Gasteiger partial charge in [-0.05, 0) is 42.8 Å². The van der Waals surface area contributed by atoms with Crippen LogP contribution in [0.3, 0.4) is 0 Å². The van der Waals surface area contributed by atoms with Gasteiger partial charge >= 0.3 is 12.2 Å². The summed E-state index contributed by atoms with van der Waals surface area (Å²) in [7, 11) is -3.18. The Bertz CT molecular complexity index is 1490. The van der Waals surface area contributed by atoms with E-state index in [0.717, 1.165) is 38.4 Å². The number of anilines is 1. The van der Waals surface area contributed by atoms with E-state index in [-0.39, 0.29) is 41.3 Å². The topological polar surface area (TPSA) is 130 Å². The second-order valence-electron chi connectivity index (χ2n) is 8.48. The molecule has 1 heterocycles. The van der Waals surface area contributed by atoms with Gasteiger partial charge in [-0.25, -0.2) is 18.1 Å². The number of amides is 2. The molecule has 2 aromatic carbocycles. The van der Waals surface area contributed by atoms with E-state index in [1.807, 2.05) is 6.07 Å². The van der Waals surface area contributed by atoms with E-state index in [1.54, 1.807) is 0 Å². The number of likely N-dealkylation sites (N-methyl/N-ethyl adjacent to an activating group) is 1. The minimum Gasteiger partial charge on any atom is -0.395 e. The Kier molecular flexibility index (Phi) is 8.67. The van der Waals surface area contributed by atoms with Crippen LogP contribution >= 0.6 is 0 Å². The highest BCUT2D eigenvalue weighted by molar-refractivity contribution is 7.89. The van der Waals surface area contributed by atoms with Crippen molar-refractivity contribution in [3.8, 4) is 6.07 Å². The standard InChI is InChI=1S/C25H24F3N5O5S/c1-16-22(30-2)23(31(3)24(36)33(16)19-6-4-5-18(14-19)25(26,27)28)20-8-7-17(15-29)13-21(20)39(37,38)32(9-11-34)10-12-35/h4-8,13-14,23,34-35H,9-12H2,1,3H3/t23-/m1/s1. The molecule has 0 aliphatic carbocycles. The van der Waals surface area contributed by atoms with Crippen molar-refractivity contribution in [2.75, 3.05) is 38.3 Å². The summed E-state index contributed by atoms with van der Waals surface area (Å²) in [5.41, 5.74) is -1.35. The molecule has 2 amide bonds. The average Bonchev–Trinajstić information content (AvgIpc) is 2.90. The van der Waals surface area contributed by atoms with Crippen LogP contribution < -0.4 is 4.90 Å². The first-order valence-corrected chi connectivity index (χ1v) is 12.9. The summed E-state index contributed by atoms with van der Waals surface area (Å²) in [6, 6.07) is 7.44. The number of alkyl halides is 3. The van der Waals surface area contributed by atoms with Crippen LogP contribution in [0.5, 0.6) is 0 Å². The zero-order chi connectivity index (χ0) is 29.1. The summed E-state index contributed by atoms with van der Waals surface area (Å²) in [6.45, 7) is 7.33. The van der Waals surface area contributed by atoms with Gasteiger partial charge in [0.1, 0.15) is 0 Å². The van der Waals surface area contributed by atoms with E-state index < -0.39 is 51.9 Å². The molecule has 0 spiro atoms. The number of sulfonamides is 1. The molecule has 2 aromatic rings. The third-order valence-electron chi connectivity index (χ3n) is 6.15. The molecule has 10 nitrogen and oxygen atoms in total. The Morgan fingerprint density at radius 2 is 1.79 bits per heavy atom. The van der Waals surface area contributed by atoms with Gasteiger partial charge in [0.25, 0.3) is 0 Å². The Labute approximate surface area is 223 Å². The van der Waals surface area contributed by atoms with Crippen molar-refractivity contribution >= 4 is 21.7 Å². The quantitative estimate of drug-likeness (QED) is 0.474. The number of aliphatic hydroxyl groups is 2. The molecule has 0 unspecified atom stereocenters. The van der Waals surface area contributed by atoms with Crippen LogP contribution in [0, 0.1) is 17.9 Å². The van der Waals surface area contributed by atoms with Gasteiger partial charge in [-0.15, -0.1) is 0 Å². The largest absolute Gasteiger partial charge is 0.416 e. The first kappa shape index (κ1) is 29.6. The minimum atomic E-state index is -4.68. The van der Waals surface area contributed by atoms with Crippen LogP contribution in [-0.2, 0) is 16.2 Å². The lowest BCUT2D eigenvalue weighted by Crippen LogP contribution is -2.48. The smallest absolute Gasteiger partial charge is 0.395 e. The lowest BCUT2D eigenvalue weighted by Gasteiger charge is -2.40. The molecular weight excluding hydrogens is 539 g/mol. The summed E-state index contributed by atoms with van der Waals surface area (Å²) in [5, 5.41) is 28.2. The third kappa shape index (κ3) is 5.60. The summed E-state index contributed by atoms with van der Waals surface area (Å²) in [6.07, 6.45) is -4.68. The monoisotopic (exact) mass is 563 g/mol. The molecule has 0 radical (unpaired) electrons. The number of hydrogen-bond acceptors (Lipinski definition) is 6. The average molecular weight is 564 g/mol. The van der Waals surface area contributed by atoms with Crippen molar-refractivity contribution in [2.45, 2.75) is 24.0 Å². The summed E-state index contributed by atoms with van der Waals surface area (Å²) < 4.78 is 68.0. The number of benzene rings is 2. The van der Waals surface area contributed by atoms with Crippen molar-refractivity contribution in [2.24, 2.45) is 0 Å². The maximum atomic E-state index is 13.6. The van der Waals surface area contributed by atoms with Crippen molar-refractivity contribution in [1.29, 1.82) is 5.26 Å². The second-order valence-corrected chi connectivity index (χ2v) is 10.4. The number of halogens is 3. The van der Waals surface area contributed by atoms with Gasteiger partial charge in [-0.2, -0.15) is 22.7 Å². The van der Waals surface area contributed by atoms with Crippen LogP contribution in [0.4, 0.5) is 23.7 Å². The number of nitriles is 1. The van der Waals surface area contributed by atoms with Crippen molar-refractivity contribution in [3.63, 3.8) is 0 Å². The number of aliphatic hydroxyl groups excluding tert-OH is 2. The molecule has 1 aliphatic rings. The summed E-state index contributed by atoms with van der Waals surface area (Å²) >= 11 is 0. The lowest BCUT2D eigenvalue weighted by molar-refractivity contribution is -0.137. The van der Waals surface area contributed by atoms with Crippen molar-refractivity contribution < 1.29 is 36.6 Å². The highest BCUT2D eigenvalue weighted by Gasteiger charge is 2.42. The van der Waals surface area contributed by atoms with Crippen LogP contribution in [0.25, 0.3) is 4.85 Å². The highest BCUT2D eigenvalue weighted by Crippen LogP contribution is 2.42. The normalized spacial score (nSPS) is 16.5. The zero-order valence-corrected chi connectivity index (χ0v) is 21.7. The maximum absolute atomic E-state index is 13.6. The lowest BCUT2D eigenvalue weighted by atomic mass is 9.97. The number of nitrogens with zero attached hydrogens (tertiary/aromatic N) is 5. The van der Waals surface area contributed by atoms with Gasteiger partial charge in [0.05, 0.1) is 47.9 Å². The summed E-state index contributed by atoms with van der Waals surface area (Å²) in [5.74, 6) is 0. The van der Waals surface area contributed by atoms with Crippen LogP contribution in [-0.4, -0.2) is 67.2 Å². The number of urea groups is 1. The van der Waals surface area contributed by atoms with E-state index in [2.05, 4.69) is 4.85 Å². The number of allylic oxidation sites excluding steroid dienone is 1. The van der Waals surface area contributed by atoms with E-state index >= 15 is 0 Å². The van der Waals surface area contributed by atoms with Crippen molar-refractivity contribution in [3.05, 3.63) is 82.0 Å². The Balaban J connectivity index is 2.26. The fourth-order valence-corrected chi connectivity index (χ4v) is 5.97. The first-order valence-electron chi connectivity index (χ1n) is 11.4. The molecule has 1 atom stereocenters. The molecule has 2 N–H and O–H groups in total. The van der Waals surface area contributed by atoms with Crippen molar-refractivity contribution in [1.82, 2.24) is 9.21 Å². The molecule has 3 rings (SSSR count). The number of hydrogen-bond donors (Lipinski definition) is 2. The Hall–Kier alpha value is -3.95. The maximum Gasteiger partial charge on any atom is 0.416 e. The molecular formula is C25H24F3N5O5S. The molecule has 0 aromatic heterocycles. The summed E-state index contributed by atoms with van der Waals surface area (Å²) in [4.78, 5) is 18.6. The minimum absolute atomic E-state index is 0.00675. The third-order valence-corrected chi connectivity index (χ3v) is 8.11. The predicted octanol–water partition coefficient (Wildman–Crippen LogP) is 3.32. The van der Waals surface area contributed by atoms with Gasteiger partial charge in [0, 0.05) is 31.5 Å². The van der Waals surface area contributed by atoms with E-state index in [0.29, 0.717) is 0 Å². The zero-order valence-electron chi connectivity index (χ0n) is 20.8. The molecule has 1 aliphatic heterocycles. The van der Waals surface area contributed by atoms with Gasteiger partial charge in [0.15, 0.2) is 0 Å². The molecule has 206 valence electrons. The first-order chi connectivity index (χ1) is 18.3. The second kappa shape index (κ2) is 11.4. The molecule has 39 heavy (non-hydrogen) atoms. The Morgan fingerprint density at radius 1 is 1.15 bits per heavy atom.